The van der Waals surface area contributed by atoms with Crippen molar-refractivity contribution in [2.75, 3.05) is 38.1 Å². The van der Waals surface area contributed by atoms with Gasteiger partial charge in [-0.1, -0.05) is 39.8 Å². The lowest BCUT2D eigenvalue weighted by atomic mass is 10.1. The average Bonchev–Trinajstić information content (AvgIpc) is 3.04. The Labute approximate surface area is 319 Å². The van der Waals surface area contributed by atoms with Gasteiger partial charge in [0.15, 0.2) is 0 Å². The molecule has 2 amide bonds. The molecule has 16 nitrogen and oxygen atoms in total. The van der Waals surface area contributed by atoms with Crippen molar-refractivity contribution in [3.63, 3.8) is 0 Å². The number of amides is 2. The fraction of sp³-hybridized carbons (Fsp3) is 0.500. The highest BCUT2D eigenvalue weighted by atomic mass is 79.9. The van der Waals surface area contributed by atoms with Crippen LogP contribution < -0.4 is 20.1 Å². The Bertz CT molecular complexity index is 1550. The molecule has 0 radical (unpaired) electrons. The van der Waals surface area contributed by atoms with E-state index >= 15 is 0 Å². The molecule has 2 rings (SSSR count). The molecule has 296 valence electrons. The van der Waals surface area contributed by atoms with Gasteiger partial charge in [0.1, 0.15) is 28.5 Å². The number of hydrogen-bond acceptors (Lipinski definition) is 12. The third-order valence-electron chi connectivity index (χ3n) is 6.06. The van der Waals surface area contributed by atoms with Crippen molar-refractivity contribution < 1.29 is 47.9 Å². The number of hydrogen-bond donors (Lipinski definition) is 2. The molecule has 2 N–H and O–H groups in total. The molecule has 0 spiro atoms. The molecule has 0 aromatic heterocycles. The first-order valence-electron chi connectivity index (χ1n) is 16.6. The lowest BCUT2D eigenvalue weighted by Gasteiger charge is -2.20. The maximum atomic E-state index is 12.0. The minimum Gasteiger partial charge on any atom is -0.502 e. The van der Waals surface area contributed by atoms with Gasteiger partial charge in [-0.15, -0.1) is 0 Å². The second-order valence-electron chi connectivity index (χ2n) is 12.9. The minimum absolute atomic E-state index is 0.124. The van der Waals surface area contributed by atoms with Gasteiger partial charge in [-0.05, 0) is 70.3 Å². The predicted molar refractivity (Wildman–Crippen MR) is 208 cm³/mol. The number of nitro groups is 2. The van der Waals surface area contributed by atoms with Gasteiger partial charge in [0.25, 0.3) is 11.4 Å². The summed E-state index contributed by atoms with van der Waals surface area (Å²) in [5.74, 6) is 0.692. The van der Waals surface area contributed by atoms with E-state index in [1.807, 2.05) is 6.92 Å². The van der Waals surface area contributed by atoms with E-state index in [1.165, 1.54) is 51.2 Å². The van der Waals surface area contributed by atoms with Crippen molar-refractivity contribution in [1.82, 2.24) is 0 Å². The highest BCUT2D eigenvalue weighted by molar-refractivity contribution is 9.10. The van der Waals surface area contributed by atoms with E-state index < -0.39 is 33.2 Å². The molecule has 0 bridgehead atoms. The van der Waals surface area contributed by atoms with Crippen LogP contribution in [0.25, 0.3) is 5.76 Å². The number of nitro benzene ring substituents is 2. The second kappa shape index (κ2) is 23.5. The van der Waals surface area contributed by atoms with Gasteiger partial charge < -0.3 is 28.4 Å². The summed E-state index contributed by atoms with van der Waals surface area (Å²) in [6.07, 6.45) is 4.08. The Morgan fingerprint density at radius 2 is 1.23 bits per heavy atom. The summed E-state index contributed by atoms with van der Waals surface area (Å²) in [5, 5.41) is 27.2. The smallest absolute Gasteiger partial charge is 0.412 e. The van der Waals surface area contributed by atoms with Gasteiger partial charge in [-0.2, -0.15) is 0 Å². The number of nitrogens with one attached hydrogen (secondary N) is 2. The quantitative estimate of drug-likeness (QED) is 0.0747. The van der Waals surface area contributed by atoms with E-state index in [0.717, 1.165) is 25.9 Å². The lowest BCUT2D eigenvalue weighted by molar-refractivity contribution is -0.385. The van der Waals surface area contributed by atoms with Gasteiger partial charge in [0.05, 0.1) is 65.0 Å². The van der Waals surface area contributed by atoms with Gasteiger partial charge >= 0.3 is 12.2 Å². The monoisotopic (exact) mass is 812 g/mol. The second-order valence-corrected chi connectivity index (χ2v) is 13.7. The first-order chi connectivity index (χ1) is 24.6. The summed E-state index contributed by atoms with van der Waals surface area (Å²) >= 11 is 3.07. The van der Waals surface area contributed by atoms with Crippen LogP contribution in [-0.2, 0) is 18.9 Å². The molecule has 0 unspecified atom stereocenters. The number of benzene rings is 2. The maximum Gasteiger partial charge on any atom is 0.412 e. The fourth-order valence-electron chi connectivity index (χ4n) is 3.71. The van der Waals surface area contributed by atoms with Crippen molar-refractivity contribution in [2.45, 2.75) is 92.3 Å². The van der Waals surface area contributed by atoms with Crippen LogP contribution in [0.3, 0.4) is 0 Å². The van der Waals surface area contributed by atoms with Crippen molar-refractivity contribution in [2.24, 2.45) is 0 Å². The molecule has 0 aliphatic heterocycles. The average molecular weight is 814 g/mol. The molecule has 17 heteroatoms. The number of carbonyl (C=O) groups is 2. The number of carbonyl (C=O) groups excluding carboxylic acids is 2. The molecule has 0 saturated carbocycles. The third-order valence-corrected chi connectivity index (χ3v) is 6.69. The summed E-state index contributed by atoms with van der Waals surface area (Å²) in [4.78, 5) is 44.9. The molecule has 0 heterocycles. The number of anilines is 2. The van der Waals surface area contributed by atoms with Crippen LogP contribution in [0.5, 0.6) is 11.5 Å². The van der Waals surface area contributed by atoms with Crippen molar-refractivity contribution in [1.29, 1.82) is 0 Å². The molecule has 0 aliphatic carbocycles. The fourth-order valence-corrected chi connectivity index (χ4v) is 4.18. The maximum absolute atomic E-state index is 12.0. The van der Waals surface area contributed by atoms with Crippen LogP contribution in [0.15, 0.2) is 48.2 Å². The third kappa shape index (κ3) is 19.4. The van der Waals surface area contributed by atoms with E-state index in [-0.39, 0.29) is 50.0 Å². The van der Waals surface area contributed by atoms with Crippen molar-refractivity contribution in [3.8, 4) is 11.5 Å². The summed E-state index contributed by atoms with van der Waals surface area (Å²) in [6, 6.07) is 5.23. The number of nitrogens with zero attached hydrogens (tertiary/aromatic N) is 2. The molecule has 2 aromatic carbocycles. The highest BCUT2D eigenvalue weighted by Gasteiger charge is 2.25. The molecule has 0 fully saturated rings. The van der Waals surface area contributed by atoms with Crippen molar-refractivity contribution in [3.05, 3.63) is 74.0 Å². The molecule has 2 aromatic rings. The Morgan fingerprint density at radius 3 is 1.62 bits per heavy atom. The van der Waals surface area contributed by atoms with E-state index in [1.54, 1.807) is 41.5 Å². The van der Waals surface area contributed by atoms with Gasteiger partial charge in [0.2, 0.25) is 0 Å². The topological polar surface area (TPSA) is 200 Å². The summed E-state index contributed by atoms with van der Waals surface area (Å²) in [7, 11) is 2.79. The Hall–Kier alpha value is -5.06. The Morgan fingerprint density at radius 1 is 0.792 bits per heavy atom. The standard InChI is InChI=1S/C18H26N2O6.C12H15BrN2O5.C6H12O/c1-7-8-9-25-12(2)13-10-16(24-6)14(11-15(13)20(22)23)19-17(21)26-18(3,4)5;1-12(2,3)20-11(16)14-8-6-9(15(17)18)7(13)5-10(8)19-4;1-3-5-6-7-4-2/h10-11H,2,7-9H2,1,3-6H3,(H,19,21);5-6H,1-4H3,(H,14,16);4H,2-3,5-6H2,1H3. The van der Waals surface area contributed by atoms with Crippen LogP contribution in [0, 0.1) is 20.2 Å². The zero-order chi connectivity index (χ0) is 40.9. The molecule has 53 heavy (non-hydrogen) atoms. The molecular formula is C36H53BrN4O12. The number of halogens is 1. The lowest BCUT2D eigenvalue weighted by Crippen LogP contribution is -2.27. The zero-order valence-corrected chi connectivity index (χ0v) is 33.8. The molecule has 0 aliphatic rings. The van der Waals surface area contributed by atoms with Crippen LogP contribution in [0.2, 0.25) is 0 Å². The SMILES string of the molecule is C=C(OCCCC)c1cc(OC)c(NC(=O)OC(C)(C)C)cc1[N+](=O)[O-].C=COCCCC.COc1cc(Br)c([N+](=O)[O-])cc1NC(=O)OC(C)(C)C. The number of ether oxygens (including phenoxy) is 6. The Kier molecular flexibility index (Phi) is 21.2. The first-order valence-corrected chi connectivity index (χ1v) is 17.4. The van der Waals surface area contributed by atoms with Crippen LogP contribution in [-0.4, -0.2) is 60.7 Å². The van der Waals surface area contributed by atoms with E-state index in [9.17, 15) is 29.8 Å². The van der Waals surface area contributed by atoms with Crippen LogP contribution in [0.4, 0.5) is 32.3 Å². The number of methoxy groups -OCH3 is 2. The summed E-state index contributed by atoms with van der Waals surface area (Å²) in [6.45, 7) is 22.8. The number of rotatable bonds is 15. The molecule has 0 saturated heterocycles. The van der Waals surface area contributed by atoms with Crippen molar-refractivity contribution >= 4 is 56.6 Å². The molecule has 0 atom stereocenters. The molecular weight excluding hydrogens is 760 g/mol. The van der Waals surface area contributed by atoms with Gasteiger partial charge in [-0.25, -0.2) is 9.59 Å². The zero-order valence-electron chi connectivity index (χ0n) is 32.2. The van der Waals surface area contributed by atoms with Crippen LogP contribution in [0.1, 0.15) is 86.6 Å². The normalized spacial score (nSPS) is 10.5. The van der Waals surface area contributed by atoms with Gasteiger partial charge in [0, 0.05) is 24.3 Å². The van der Waals surface area contributed by atoms with E-state index in [2.05, 4.69) is 46.6 Å². The van der Waals surface area contributed by atoms with E-state index in [4.69, 9.17) is 28.4 Å². The largest absolute Gasteiger partial charge is 0.502 e. The first kappa shape index (κ1) is 47.9. The van der Waals surface area contributed by atoms with Gasteiger partial charge in [-0.3, -0.25) is 30.9 Å². The predicted octanol–water partition coefficient (Wildman–Crippen LogP) is 10.4. The van der Waals surface area contributed by atoms with Crippen LogP contribution >= 0.6 is 15.9 Å². The number of unbranched alkanes of at least 4 members (excludes halogenated alkanes) is 2. The summed E-state index contributed by atoms with van der Waals surface area (Å²) < 4.78 is 31.1. The Balaban J connectivity index is 0.000000884. The minimum atomic E-state index is -0.740. The van der Waals surface area contributed by atoms with E-state index in [0.29, 0.717) is 6.61 Å². The highest BCUT2D eigenvalue weighted by Crippen LogP contribution is 2.37. The summed E-state index contributed by atoms with van der Waals surface area (Å²) in [5.41, 5.74) is -1.33.